The zero-order chi connectivity index (χ0) is 14.0. The predicted octanol–water partition coefficient (Wildman–Crippen LogP) is 3.28. The molecule has 3 nitrogen and oxygen atoms in total. The number of hydrogen-bond acceptors (Lipinski definition) is 2. The first-order valence-electron chi connectivity index (χ1n) is 7.04. The van der Waals surface area contributed by atoms with E-state index in [0.29, 0.717) is 17.0 Å². The zero-order valence-corrected chi connectivity index (χ0v) is 12.1. The van der Waals surface area contributed by atoms with E-state index in [0.717, 1.165) is 24.1 Å². The second-order valence-electron chi connectivity index (χ2n) is 6.50. The van der Waals surface area contributed by atoms with Gasteiger partial charge >= 0.3 is 0 Å². The first-order chi connectivity index (χ1) is 8.87. The third kappa shape index (κ3) is 3.49. The highest BCUT2D eigenvalue weighted by Gasteiger charge is 2.28. The third-order valence-electron chi connectivity index (χ3n) is 4.07. The standard InChI is InChI=1S/C16H24N2O/c1-11-9-12(6-7-14(11)17)15(19)18-13-5-4-8-16(2,3)10-13/h6-7,9,13H,4-5,8,10,17H2,1-3H3,(H,18,19). The van der Waals surface area contributed by atoms with Crippen LogP contribution in [0.3, 0.4) is 0 Å². The molecule has 1 fully saturated rings. The Kier molecular flexibility index (Phi) is 3.83. The van der Waals surface area contributed by atoms with Crippen molar-refractivity contribution >= 4 is 11.6 Å². The maximum Gasteiger partial charge on any atom is 0.251 e. The van der Waals surface area contributed by atoms with Gasteiger partial charge in [-0.05, 0) is 55.4 Å². The third-order valence-corrected chi connectivity index (χ3v) is 4.07. The fourth-order valence-electron chi connectivity index (χ4n) is 2.91. The number of nitrogens with one attached hydrogen (secondary N) is 1. The van der Waals surface area contributed by atoms with Crippen LogP contribution < -0.4 is 11.1 Å². The highest BCUT2D eigenvalue weighted by molar-refractivity contribution is 5.95. The minimum atomic E-state index is 0.0193. The molecule has 3 N–H and O–H groups in total. The number of nitrogens with two attached hydrogens (primary N) is 1. The van der Waals surface area contributed by atoms with Gasteiger partial charge in [0.1, 0.15) is 0 Å². The number of amides is 1. The van der Waals surface area contributed by atoms with Gasteiger partial charge in [0, 0.05) is 17.3 Å². The number of anilines is 1. The molecule has 104 valence electrons. The van der Waals surface area contributed by atoms with Crippen LogP contribution in [0.1, 0.15) is 55.5 Å². The first kappa shape index (κ1) is 13.9. The van der Waals surface area contributed by atoms with Crippen LogP contribution in [-0.4, -0.2) is 11.9 Å². The smallest absolute Gasteiger partial charge is 0.251 e. The van der Waals surface area contributed by atoms with Crippen molar-refractivity contribution in [3.63, 3.8) is 0 Å². The summed E-state index contributed by atoms with van der Waals surface area (Å²) in [7, 11) is 0. The fourth-order valence-corrected chi connectivity index (χ4v) is 2.91. The fraction of sp³-hybridized carbons (Fsp3) is 0.562. The lowest BCUT2D eigenvalue weighted by Crippen LogP contribution is -2.40. The van der Waals surface area contributed by atoms with Gasteiger partial charge in [0.15, 0.2) is 0 Å². The molecule has 1 aromatic carbocycles. The molecule has 1 unspecified atom stereocenters. The van der Waals surface area contributed by atoms with Crippen molar-refractivity contribution in [2.75, 3.05) is 5.73 Å². The first-order valence-corrected chi connectivity index (χ1v) is 7.04. The Balaban J connectivity index is 2.02. The van der Waals surface area contributed by atoms with Crippen molar-refractivity contribution in [3.05, 3.63) is 29.3 Å². The molecule has 1 saturated carbocycles. The van der Waals surface area contributed by atoms with E-state index in [1.807, 2.05) is 13.0 Å². The molecule has 1 aliphatic rings. The van der Waals surface area contributed by atoms with Gasteiger partial charge < -0.3 is 11.1 Å². The van der Waals surface area contributed by atoms with E-state index in [1.54, 1.807) is 12.1 Å². The Morgan fingerprint density at radius 1 is 1.42 bits per heavy atom. The topological polar surface area (TPSA) is 55.1 Å². The quantitative estimate of drug-likeness (QED) is 0.802. The molecule has 0 aliphatic heterocycles. The van der Waals surface area contributed by atoms with Crippen LogP contribution in [0.25, 0.3) is 0 Å². The Bertz CT molecular complexity index is 480. The van der Waals surface area contributed by atoms with Gasteiger partial charge in [0.05, 0.1) is 0 Å². The highest BCUT2D eigenvalue weighted by atomic mass is 16.1. The molecular formula is C16H24N2O. The molecular weight excluding hydrogens is 236 g/mol. The van der Waals surface area contributed by atoms with Crippen LogP contribution in [-0.2, 0) is 0 Å². The summed E-state index contributed by atoms with van der Waals surface area (Å²) in [5, 5.41) is 3.16. The van der Waals surface area contributed by atoms with E-state index in [1.165, 1.54) is 12.8 Å². The van der Waals surface area contributed by atoms with Crippen LogP contribution in [0.15, 0.2) is 18.2 Å². The van der Waals surface area contributed by atoms with Crippen molar-refractivity contribution in [3.8, 4) is 0 Å². The number of hydrogen-bond donors (Lipinski definition) is 2. The summed E-state index contributed by atoms with van der Waals surface area (Å²) in [6.45, 7) is 6.48. The van der Waals surface area contributed by atoms with Gasteiger partial charge in [-0.25, -0.2) is 0 Å². The summed E-state index contributed by atoms with van der Waals surface area (Å²) in [5.74, 6) is 0.0193. The maximum absolute atomic E-state index is 12.2. The lowest BCUT2D eigenvalue weighted by Gasteiger charge is -2.35. The van der Waals surface area contributed by atoms with Crippen LogP contribution in [0, 0.1) is 12.3 Å². The molecule has 0 heterocycles. The van der Waals surface area contributed by atoms with Crippen LogP contribution in [0.2, 0.25) is 0 Å². The summed E-state index contributed by atoms with van der Waals surface area (Å²) >= 11 is 0. The molecule has 3 heteroatoms. The van der Waals surface area contributed by atoms with Gasteiger partial charge in [-0.3, -0.25) is 4.79 Å². The molecule has 1 amide bonds. The molecule has 1 atom stereocenters. The molecule has 2 rings (SSSR count). The summed E-state index contributed by atoms with van der Waals surface area (Å²) in [4.78, 5) is 12.2. The molecule has 0 aromatic heterocycles. The molecule has 1 aliphatic carbocycles. The minimum absolute atomic E-state index is 0.0193. The van der Waals surface area contributed by atoms with E-state index in [-0.39, 0.29) is 5.91 Å². The van der Waals surface area contributed by atoms with Gasteiger partial charge in [-0.1, -0.05) is 20.3 Å². The normalized spacial score (nSPS) is 21.9. The minimum Gasteiger partial charge on any atom is -0.399 e. The average Bonchev–Trinajstić information content (AvgIpc) is 2.31. The largest absolute Gasteiger partial charge is 0.399 e. The number of rotatable bonds is 2. The molecule has 0 spiro atoms. The van der Waals surface area contributed by atoms with E-state index < -0.39 is 0 Å². The van der Waals surface area contributed by atoms with Crippen molar-refractivity contribution in [1.82, 2.24) is 5.32 Å². The SMILES string of the molecule is Cc1cc(C(=O)NC2CCCC(C)(C)C2)ccc1N. The van der Waals surface area contributed by atoms with Crippen LogP contribution in [0.5, 0.6) is 0 Å². The molecule has 0 saturated heterocycles. The summed E-state index contributed by atoms with van der Waals surface area (Å²) in [5.41, 5.74) is 8.51. The number of aryl methyl sites for hydroxylation is 1. The highest BCUT2D eigenvalue weighted by Crippen LogP contribution is 2.35. The lowest BCUT2D eigenvalue weighted by atomic mass is 9.75. The predicted molar refractivity (Wildman–Crippen MR) is 79.1 cm³/mol. The molecule has 0 bridgehead atoms. The number of carbonyl (C=O) groups excluding carboxylic acids is 1. The number of carbonyl (C=O) groups is 1. The zero-order valence-electron chi connectivity index (χ0n) is 12.1. The van der Waals surface area contributed by atoms with E-state index in [2.05, 4.69) is 19.2 Å². The average molecular weight is 260 g/mol. The van der Waals surface area contributed by atoms with E-state index in [4.69, 9.17) is 5.73 Å². The molecule has 0 radical (unpaired) electrons. The number of benzene rings is 1. The second-order valence-corrected chi connectivity index (χ2v) is 6.50. The summed E-state index contributed by atoms with van der Waals surface area (Å²) in [6.07, 6.45) is 4.59. The molecule has 19 heavy (non-hydrogen) atoms. The van der Waals surface area contributed by atoms with Gasteiger partial charge in [0.2, 0.25) is 0 Å². The Labute approximate surface area is 115 Å². The van der Waals surface area contributed by atoms with Crippen molar-refractivity contribution in [1.29, 1.82) is 0 Å². The van der Waals surface area contributed by atoms with Crippen LogP contribution in [0.4, 0.5) is 5.69 Å². The monoisotopic (exact) mass is 260 g/mol. The molecule has 1 aromatic rings. The van der Waals surface area contributed by atoms with Crippen molar-refractivity contribution < 1.29 is 4.79 Å². The summed E-state index contributed by atoms with van der Waals surface area (Å²) < 4.78 is 0. The Morgan fingerprint density at radius 3 is 2.79 bits per heavy atom. The van der Waals surface area contributed by atoms with E-state index >= 15 is 0 Å². The second kappa shape index (κ2) is 5.24. The van der Waals surface area contributed by atoms with Gasteiger partial charge in [-0.15, -0.1) is 0 Å². The van der Waals surface area contributed by atoms with Crippen LogP contribution >= 0.6 is 0 Å². The Morgan fingerprint density at radius 2 is 2.16 bits per heavy atom. The van der Waals surface area contributed by atoms with Crippen molar-refractivity contribution in [2.45, 2.75) is 52.5 Å². The van der Waals surface area contributed by atoms with Gasteiger partial charge in [-0.2, -0.15) is 0 Å². The lowest BCUT2D eigenvalue weighted by molar-refractivity contribution is 0.0902. The Hall–Kier alpha value is -1.51. The van der Waals surface area contributed by atoms with Crippen molar-refractivity contribution in [2.24, 2.45) is 5.41 Å². The number of nitrogen functional groups attached to an aromatic ring is 1. The van der Waals surface area contributed by atoms with E-state index in [9.17, 15) is 4.79 Å². The van der Waals surface area contributed by atoms with Gasteiger partial charge in [0.25, 0.3) is 5.91 Å². The summed E-state index contributed by atoms with van der Waals surface area (Å²) in [6, 6.07) is 5.76. The maximum atomic E-state index is 12.2.